The second-order valence-electron chi connectivity index (χ2n) is 8.07. The minimum atomic E-state index is -0.597. The molecule has 146 valence electrons. The highest BCUT2D eigenvalue weighted by Gasteiger charge is 2.25. The van der Waals surface area contributed by atoms with Crippen LogP contribution in [0, 0.1) is 0 Å². The first-order valence-corrected chi connectivity index (χ1v) is 8.99. The zero-order valence-electron chi connectivity index (χ0n) is 17.3. The van der Waals surface area contributed by atoms with Crippen molar-refractivity contribution >= 4 is 11.7 Å². The van der Waals surface area contributed by atoms with E-state index in [0.29, 0.717) is 11.5 Å². The first-order chi connectivity index (χ1) is 12.6. The van der Waals surface area contributed by atoms with Crippen LogP contribution >= 0.6 is 0 Å². The molecule has 0 atom stereocenters. The minimum absolute atomic E-state index is 0.0667. The van der Waals surface area contributed by atoms with Gasteiger partial charge in [0.15, 0.2) is 11.5 Å². The predicted molar refractivity (Wildman–Crippen MR) is 110 cm³/mol. The Balaban J connectivity index is 2.20. The van der Waals surface area contributed by atoms with Gasteiger partial charge in [-0.1, -0.05) is 45.0 Å². The van der Waals surface area contributed by atoms with Crippen molar-refractivity contribution in [1.82, 2.24) is 5.32 Å². The lowest BCUT2D eigenvalue weighted by molar-refractivity contribution is 0.241. The first kappa shape index (κ1) is 20.6. The number of ether oxygens (including phenoxy) is 2. The van der Waals surface area contributed by atoms with Gasteiger partial charge in [-0.2, -0.15) is 0 Å². The summed E-state index contributed by atoms with van der Waals surface area (Å²) in [6, 6.07) is 13.2. The Morgan fingerprint density at radius 3 is 2.11 bits per heavy atom. The Kier molecular flexibility index (Phi) is 6.04. The molecule has 2 aromatic rings. The van der Waals surface area contributed by atoms with Gasteiger partial charge in [0.2, 0.25) is 0 Å². The highest BCUT2D eigenvalue weighted by atomic mass is 16.5. The molecule has 2 aromatic carbocycles. The second-order valence-corrected chi connectivity index (χ2v) is 8.07. The van der Waals surface area contributed by atoms with Gasteiger partial charge in [0.1, 0.15) is 0 Å². The van der Waals surface area contributed by atoms with E-state index in [2.05, 4.69) is 31.4 Å². The van der Waals surface area contributed by atoms with Crippen molar-refractivity contribution < 1.29 is 14.3 Å². The number of urea groups is 1. The zero-order valence-corrected chi connectivity index (χ0v) is 17.3. The summed E-state index contributed by atoms with van der Waals surface area (Å²) in [6.07, 6.45) is 0. The van der Waals surface area contributed by atoms with E-state index in [1.165, 1.54) is 0 Å². The lowest BCUT2D eigenvalue weighted by Crippen LogP contribution is -2.43. The maximum absolute atomic E-state index is 12.7. The molecular formula is C22H30N2O3. The maximum Gasteiger partial charge on any atom is 0.319 e. The molecule has 0 aliphatic carbocycles. The summed E-state index contributed by atoms with van der Waals surface area (Å²) in [7, 11) is 3.19. The van der Waals surface area contributed by atoms with Gasteiger partial charge in [-0.15, -0.1) is 0 Å². The van der Waals surface area contributed by atoms with Crippen LogP contribution < -0.4 is 20.1 Å². The van der Waals surface area contributed by atoms with Crippen LogP contribution in [0.5, 0.6) is 11.5 Å². The van der Waals surface area contributed by atoms with Gasteiger partial charge in [-0.25, -0.2) is 4.79 Å². The fourth-order valence-electron chi connectivity index (χ4n) is 2.98. The van der Waals surface area contributed by atoms with Crippen LogP contribution in [-0.2, 0) is 11.0 Å². The van der Waals surface area contributed by atoms with Crippen LogP contribution in [0.4, 0.5) is 10.5 Å². The molecule has 0 aliphatic heterocycles. The van der Waals surface area contributed by atoms with Crippen molar-refractivity contribution in [1.29, 1.82) is 0 Å². The highest BCUT2D eigenvalue weighted by molar-refractivity contribution is 5.91. The lowest BCUT2D eigenvalue weighted by atomic mass is 9.86. The number of para-hydroxylation sites is 1. The zero-order chi connectivity index (χ0) is 20.2. The topological polar surface area (TPSA) is 59.6 Å². The fraction of sp³-hybridized carbons (Fsp3) is 0.409. The molecule has 2 N–H and O–H groups in total. The van der Waals surface area contributed by atoms with Crippen molar-refractivity contribution in [3.63, 3.8) is 0 Å². The molecule has 0 saturated heterocycles. The predicted octanol–water partition coefficient (Wildman–Crippen LogP) is 5.06. The van der Waals surface area contributed by atoms with Gasteiger partial charge >= 0.3 is 6.03 Å². The number of carbonyl (C=O) groups excluding carboxylic acids is 1. The van der Waals surface area contributed by atoms with Crippen LogP contribution in [0.1, 0.15) is 45.7 Å². The number of methoxy groups -OCH3 is 2. The highest BCUT2D eigenvalue weighted by Crippen LogP contribution is 2.32. The van der Waals surface area contributed by atoms with E-state index >= 15 is 0 Å². The molecule has 0 unspecified atom stereocenters. The van der Waals surface area contributed by atoms with Crippen LogP contribution in [0.15, 0.2) is 42.5 Å². The number of hydrogen-bond donors (Lipinski definition) is 2. The number of benzene rings is 2. The van der Waals surface area contributed by atoms with Crippen molar-refractivity contribution in [2.24, 2.45) is 0 Å². The fourth-order valence-corrected chi connectivity index (χ4v) is 2.98. The number of nitrogens with one attached hydrogen (secondary N) is 2. The number of hydrogen-bond acceptors (Lipinski definition) is 3. The van der Waals surface area contributed by atoms with Gasteiger partial charge in [0, 0.05) is 5.69 Å². The summed E-state index contributed by atoms with van der Waals surface area (Å²) < 4.78 is 10.7. The molecule has 0 spiro atoms. The number of amides is 2. The Hall–Kier alpha value is -2.69. The van der Waals surface area contributed by atoms with Crippen LogP contribution in [0.2, 0.25) is 0 Å². The summed E-state index contributed by atoms with van der Waals surface area (Å²) >= 11 is 0. The Bertz CT molecular complexity index is 807. The number of anilines is 1. The summed E-state index contributed by atoms with van der Waals surface area (Å²) in [5.74, 6) is 1.28. The standard InChI is InChI=1S/C22H30N2O3/c1-21(2,3)16-10-8-9-11-17(16)23-20(25)24-22(4,5)15-12-13-18(26-6)19(14-15)27-7/h8-14H,1-7H3,(H2,23,24,25). The van der Waals surface area contributed by atoms with Crippen molar-refractivity contribution in [2.45, 2.75) is 45.6 Å². The SMILES string of the molecule is COc1ccc(C(C)(C)NC(=O)Nc2ccccc2C(C)(C)C)cc1OC. The van der Waals surface area contributed by atoms with E-state index in [1.807, 2.05) is 56.3 Å². The third kappa shape index (κ3) is 4.94. The smallest absolute Gasteiger partial charge is 0.319 e. The monoisotopic (exact) mass is 370 g/mol. The van der Waals surface area contributed by atoms with E-state index < -0.39 is 5.54 Å². The summed E-state index contributed by atoms with van der Waals surface area (Å²) in [5.41, 5.74) is 2.15. The van der Waals surface area contributed by atoms with Crippen molar-refractivity contribution in [2.75, 3.05) is 19.5 Å². The van der Waals surface area contributed by atoms with E-state index in [-0.39, 0.29) is 11.4 Å². The Morgan fingerprint density at radius 1 is 0.889 bits per heavy atom. The summed E-state index contributed by atoms with van der Waals surface area (Å²) in [5, 5.41) is 6.03. The second kappa shape index (κ2) is 7.91. The van der Waals surface area contributed by atoms with E-state index in [0.717, 1.165) is 16.8 Å². The number of carbonyl (C=O) groups is 1. The molecule has 0 aromatic heterocycles. The van der Waals surface area contributed by atoms with Gasteiger partial charge < -0.3 is 20.1 Å². The molecular weight excluding hydrogens is 340 g/mol. The summed E-state index contributed by atoms with van der Waals surface area (Å²) in [6.45, 7) is 10.3. The average Bonchev–Trinajstić information content (AvgIpc) is 2.60. The quantitative estimate of drug-likeness (QED) is 0.773. The van der Waals surface area contributed by atoms with E-state index in [4.69, 9.17) is 9.47 Å². The van der Waals surface area contributed by atoms with Gasteiger partial charge in [0.05, 0.1) is 19.8 Å². The molecule has 0 radical (unpaired) electrons. The molecule has 0 fully saturated rings. The molecule has 5 heteroatoms. The molecule has 0 saturated carbocycles. The molecule has 0 heterocycles. The Labute approximate surface area is 162 Å². The van der Waals surface area contributed by atoms with Crippen molar-refractivity contribution in [3.8, 4) is 11.5 Å². The van der Waals surface area contributed by atoms with Crippen LogP contribution in [-0.4, -0.2) is 20.3 Å². The molecule has 0 aliphatic rings. The molecule has 5 nitrogen and oxygen atoms in total. The third-order valence-electron chi connectivity index (χ3n) is 4.51. The maximum atomic E-state index is 12.7. The lowest BCUT2D eigenvalue weighted by Gasteiger charge is -2.29. The summed E-state index contributed by atoms with van der Waals surface area (Å²) in [4.78, 5) is 12.7. The Morgan fingerprint density at radius 2 is 1.52 bits per heavy atom. The normalized spacial score (nSPS) is 11.7. The molecule has 2 amide bonds. The first-order valence-electron chi connectivity index (χ1n) is 8.99. The molecule has 2 rings (SSSR count). The van der Waals surface area contributed by atoms with E-state index in [9.17, 15) is 4.79 Å². The molecule has 0 bridgehead atoms. The minimum Gasteiger partial charge on any atom is -0.493 e. The van der Waals surface area contributed by atoms with Crippen molar-refractivity contribution in [3.05, 3.63) is 53.6 Å². The third-order valence-corrected chi connectivity index (χ3v) is 4.51. The molecule has 27 heavy (non-hydrogen) atoms. The average molecular weight is 370 g/mol. The largest absolute Gasteiger partial charge is 0.493 e. The van der Waals surface area contributed by atoms with Gasteiger partial charge in [-0.05, 0) is 48.6 Å². The number of rotatable bonds is 5. The van der Waals surface area contributed by atoms with Crippen LogP contribution in [0.25, 0.3) is 0 Å². The van der Waals surface area contributed by atoms with Crippen LogP contribution in [0.3, 0.4) is 0 Å². The van der Waals surface area contributed by atoms with Gasteiger partial charge in [-0.3, -0.25) is 0 Å². The van der Waals surface area contributed by atoms with E-state index in [1.54, 1.807) is 14.2 Å². The van der Waals surface area contributed by atoms with Gasteiger partial charge in [0.25, 0.3) is 0 Å².